The summed E-state index contributed by atoms with van der Waals surface area (Å²) in [7, 11) is 0. The summed E-state index contributed by atoms with van der Waals surface area (Å²) in [6.07, 6.45) is 9.35. The summed E-state index contributed by atoms with van der Waals surface area (Å²) < 4.78 is 0. The van der Waals surface area contributed by atoms with Gasteiger partial charge in [-0.3, -0.25) is 4.99 Å². The molecule has 17 heavy (non-hydrogen) atoms. The summed E-state index contributed by atoms with van der Waals surface area (Å²) in [5.74, 6) is 2.01. The van der Waals surface area contributed by atoms with Gasteiger partial charge in [-0.15, -0.1) is 0 Å². The molecule has 1 heterocycles. The number of rotatable bonds is 2. The normalized spacial score (nSPS) is 37.5. The van der Waals surface area contributed by atoms with E-state index in [2.05, 4.69) is 19.2 Å². The van der Waals surface area contributed by atoms with Gasteiger partial charge in [-0.2, -0.15) is 0 Å². The van der Waals surface area contributed by atoms with Gasteiger partial charge in [0.25, 0.3) is 0 Å². The van der Waals surface area contributed by atoms with Crippen LogP contribution in [0.2, 0.25) is 0 Å². The lowest BCUT2D eigenvalue weighted by atomic mass is 9.98. The van der Waals surface area contributed by atoms with E-state index in [0.717, 1.165) is 5.92 Å². The van der Waals surface area contributed by atoms with E-state index in [9.17, 15) is 0 Å². The van der Waals surface area contributed by atoms with Crippen LogP contribution in [-0.2, 0) is 0 Å². The van der Waals surface area contributed by atoms with Crippen molar-refractivity contribution >= 4 is 16.9 Å². The van der Waals surface area contributed by atoms with Crippen LogP contribution in [0.5, 0.6) is 0 Å². The van der Waals surface area contributed by atoms with Gasteiger partial charge >= 0.3 is 0 Å². The fraction of sp³-hybridized carbons (Fsp3) is 0.929. The van der Waals surface area contributed by atoms with E-state index in [1.54, 1.807) is 0 Å². The first-order valence-corrected chi connectivity index (χ1v) is 8.25. The van der Waals surface area contributed by atoms with E-state index >= 15 is 0 Å². The SMILES string of the molecule is CCC1CCSC(=NC2CCCCCC2C)N1. The second kappa shape index (κ2) is 6.67. The highest BCUT2D eigenvalue weighted by molar-refractivity contribution is 8.13. The molecule has 1 saturated heterocycles. The molecular formula is C14H26N2S. The average molecular weight is 254 g/mol. The molecule has 0 radical (unpaired) electrons. The molecule has 0 bridgehead atoms. The molecular weight excluding hydrogens is 228 g/mol. The molecule has 0 aromatic carbocycles. The molecule has 3 unspecified atom stereocenters. The zero-order valence-electron chi connectivity index (χ0n) is 11.2. The van der Waals surface area contributed by atoms with E-state index in [1.807, 2.05) is 11.8 Å². The van der Waals surface area contributed by atoms with Crippen molar-refractivity contribution in [1.82, 2.24) is 5.32 Å². The van der Waals surface area contributed by atoms with Crippen molar-refractivity contribution in [3.05, 3.63) is 0 Å². The molecule has 1 aliphatic carbocycles. The van der Waals surface area contributed by atoms with Gasteiger partial charge in [0.1, 0.15) is 0 Å². The maximum absolute atomic E-state index is 5.00. The molecule has 3 heteroatoms. The summed E-state index contributed by atoms with van der Waals surface area (Å²) in [6.45, 7) is 4.64. The van der Waals surface area contributed by atoms with Crippen molar-refractivity contribution in [3.63, 3.8) is 0 Å². The molecule has 2 rings (SSSR count). The minimum absolute atomic E-state index is 0.572. The Kier molecular flexibility index (Phi) is 5.20. The monoisotopic (exact) mass is 254 g/mol. The maximum Gasteiger partial charge on any atom is 0.157 e. The molecule has 0 aromatic rings. The Morgan fingerprint density at radius 3 is 2.88 bits per heavy atom. The molecule has 1 saturated carbocycles. The zero-order valence-corrected chi connectivity index (χ0v) is 12.1. The number of hydrogen-bond acceptors (Lipinski definition) is 2. The Morgan fingerprint density at radius 1 is 1.24 bits per heavy atom. The number of nitrogens with zero attached hydrogens (tertiary/aromatic N) is 1. The number of amidine groups is 1. The van der Waals surface area contributed by atoms with Gasteiger partial charge in [-0.05, 0) is 31.6 Å². The van der Waals surface area contributed by atoms with Crippen molar-refractivity contribution in [2.75, 3.05) is 5.75 Å². The highest BCUT2D eigenvalue weighted by Crippen LogP contribution is 2.27. The molecule has 2 nitrogen and oxygen atoms in total. The number of thioether (sulfide) groups is 1. The quantitative estimate of drug-likeness (QED) is 0.758. The van der Waals surface area contributed by atoms with Crippen LogP contribution in [0.25, 0.3) is 0 Å². The lowest BCUT2D eigenvalue weighted by Gasteiger charge is -2.26. The topological polar surface area (TPSA) is 24.4 Å². The summed E-state index contributed by atoms with van der Waals surface area (Å²) in [5, 5.41) is 4.83. The van der Waals surface area contributed by atoms with Gasteiger partial charge in [0.05, 0.1) is 6.04 Å². The van der Waals surface area contributed by atoms with Crippen molar-refractivity contribution in [1.29, 1.82) is 0 Å². The predicted octanol–water partition coefficient (Wildman–Crippen LogP) is 3.82. The van der Waals surface area contributed by atoms with Crippen molar-refractivity contribution in [2.24, 2.45) is 10.9 Å². The largest absolute Gasteiger partial charge is 0.362 e. The molecule has 98 valence electrons. The average Bonchev–Trinajstić information content (AvgIpc) is 2.55. The Labute approximate surface area is 110 Å². The third-order valence-corrected chi connectivity index (χ3v) is 5.06. The second-order valence-corrected chi connectivity index (χ2v) is 6.59. The lowest BCUT2D eigenvalue weighted by molar-refractivity contribution is 0.432. The van der Waals surface area contributed by atoms with Crippen LogP contribution < -0.4 is 5.32 Å². The lowest BCUT2D eigenvalue weighted by Crippen LogP contribution is -2.38. The third-order valence-electron chi connectivity index (χ3n) is 4.12. The third kappa shape index (κ3) is 3.90. The molecule has 1 N–H and O–H groups in total. The van der Waals surface area contributed by atoms with Crippen molar-refractivity contribution < 1.29 is 0 Å². The van der Waals surface area contributed by atoms with E-state index in [1.165, 1.54) is 55.9 Å². The molecule has 2 aliphatic rings. The van der Waals surface area contributed by atoms with Crippen LogP contribution in [0.4, 0.5) is 0 Å². The van der Waals surface area contributed by atoms with E-state index < -0.39 is 0 Å². The van der Waals surface area contributed by atoms with Gasteiger partial charge in [-0.1, -0.05) is 44.9 Å². The standard InChI is InChI=1S/C14H26N2S/c1-3-12-9-10-17-14(15-12)16-13-8-6-4-5-7-11(13)2/h11-13H,3-10H2,1-2H3,(H,15,16). The zero-order chi connectivity index (χ0) is 12.1. The van der Waals surface area contributed by atoms with Crippen LogP contribution >= 0.6 is 11.8 Å². The van der Waals surface area contributed by atoms with Gasteiger partial charge in [-0.25, -0.2) is 0 Å². The smallest absolute Gasteiger partial charge is 0.157 e. The summed E-state index contributed by atoms with van der Waals surface area (Å²) in [6, 6.07) is 1.24. The molecule has 0 amide bonds. The highest BCUT2D eigenvalue weighted by atomic mass is 32.2. The summed E-state index contributed by atoms with van der Waals surface area (Å²) in [5.41, 5.74) is 0. The first-order chi connectivity index (χ1) is 8.29. The molecule has 3 atom stereocenters. The number of aliphatic imine (C=N–C) groups is 1. The summed E-state index contributed by atoms with van der Waals surface area (Å²) in [4.78, 5) is 5.00. The fourth-order valence-corrected chi connectivity index (χ4v) is 3.84. The van der Waals surface area contributed by atoms with Gasteiger partial charge in [0.2, 0.25) is 0 Å². The molecule has 1 aliphatic heterocycles. The first-order valence-electron chi connectivity index (χ1n) is 7.26. The maximum atomic E-state index is 5.00. The Morgan fingerprint density at radius 2 is 2.06 bits per heavy atom. The number of nitrogens with one attached hydrogen (secondary N) is 1. The van der Waals surface area contributed by atoms with Crippen LogP contribution in [0.3, 0.4) is 0 Å². The van der Waals surface area contributed by atoms with Crippen LogP contribution in [0.15, 0.2) is 4.99 Å². The fourth-order valence-electron chi connectivity index (χ4n) is 2.78. The van der Waals surface area contributed by atoms with E-state index in [0.29, 0.717) is 12.1 Å². The van der Waals surface area contributed by atoms with Crippen molar-refractivity contribution in [3.8, 4) is 0 Å². The van der Waals surface area contributed by atoms with Crippen molar-refractivity contribution in [2.45, 2.75) is 70.9 Å². The van der Waals surface area contributed by atoms with Crippen LogP contribution in [0.1, 0.15) is 58.8 Å². The second-order valence-electron chi connectivity index (χ2n) is 5.50. The van der Waals surface area contributed by atoms with Crippen LogP contribution in [0, 0.1) is 5.92 Å². The molecule has 0 spiro atoms. The Hall–Kier alpha value is -0.180. The number of hydrogen-bond donors (Lipinski definition) is 1. The first kappa shape index (κ1) is 13.3. The minimum atomic E-state index is 0.572. The minimum Gasteiger partial charge on any atom is -0.362 e. The van der Waals surface area contributed by atoms with Gasteiger partial charge in [0.15, 0.2) is 5.17 Å². The van der Waals surface area contributed by atoms with E-state index in [4.69, 9.17) is 4.99 Å². The van der Waals surface area contributed by atoms with E-state index in [-0.39, 0.29) is 0 Å². The Bertz CT molecular complexity index is 265. The molecule has 2 fully saturated rings. The van der Waals surface area contributed by atoms with Gasteiger partial charge in [0, 0.05) is 11.8 Å². The predicted molar refractivity (Wildman–Crippen MR) is 77.8 cm³/mol. The molecule has 0 aromatic heterocycles. The highest BCUT2D eigenvalue weighted by Gasteiger charge is 2.22. The van der Waals surface area contributed by atoms with Gasteiger partial charge < -0.3 is 5.32 Å². The summed E-state index contributed by atoms with van der Waals surface area (Å²) >= 11 is 1.92. The Balaban J connectivity index is 1.96. The van der Waals surface area contributed by atoms with Crippen LogP contribution in [-0.4, -0.2) is 23.0 Å².